The normalized spacial score (nSPS) is 14.2. The van der Waals surface area contributed by atoms with E-state index in [0.717, 1.165) is 6.42 Å². The van der Waals surface area contributed by atoms with Crippen molar-refractivity contribution < 1.29 is 0 Å². The van der Waals surface area contributed by atoms with E-state index in [1.807, 2.05) is 0 Å². The Bertz CT molecular complexity index is 1500. The van der Waals surface area contributed by atoms with Gasteiger partial charge in [-0.1, -0.05) is 115 Å². The maximum Gasteiger partial charge on any atom is 0.0364 e. The average molecular weight is 407 g/mol. The molecule has 2 aliphatic carbocycles. The third-order valence-corrected chi connectivity index (χ3v) is 7.22. The molecule has 0 atom stereocenters. The second-order valence-electron chi connectivity index (χ2n) is 8.83. The summed E-state index contributed by atoms with van der Waals surface area (Å²) in [5, 5.41) is 2.66. The van der Waals surface area contributed by atoms with E-state index in [9.17, 15) is 0 Å². The summed E-state index contributed by atoms with van der Waals surface area (Å²) in [5.41, 5.74) is 12.5. The highest BCUT2D eigenvalue weighted by Crippen LogP contribution is 2.51. The minimum atomic E-state index is 0.233. The van der Waals surface area contributed by atoms with Gasteiger partial charge in [-0.15, -0.1) is 0 Å². The maximum absolute atomic E-state index is 2.42. The Hall–Kier alpha value is -3.90. The van der Waals surface area contributed by atoms with E-state index in [4.69, 9.17) is 0 Å². The number of allylic oxidation sites excluding steroid dienone is 1. The Balaban J connectivity index is 1.58. The molecule has 5 aromatic rings. The van der Waals surface area contributed by atoms with Gasteiger partial charge in [0.1, 0.15) is 0 Å². The first kappa shape index (κ1) is 17.7. The molecule has 0 amide bonds. The Morgan fingerprint density at radius 1 is 0.500 bits per heavy atom. The van der Waals surface area contributed by atoms with Crippen molar-refractivity contribution in [3.05, 3.63) is 149 Å². The van der Waals surface area contributed by atoms with E-state index >= 15 is 0 Å². The smallest absolute Gasteiger partial charge is 0.0364 e. The molecular weight excluding hydrogens is 384 g/mol. The van der Waals surface area contributed by atoms with E-state index < -0.39 is 0 Å². The van der Waals surface area contributed by atoms with Gasteiger partial charge in [0.25, 0.3) is 0 Å². The van der Waals surface area contributed by atoms with Crippen LogP contribution in [-0.2, 0) is 6.42 Å². The number of hydrogen-bond acceptors (Lipinski definition) is 0. The van der Waals surface area contributed by atoms with Crippen LogP contribution in [0.15, 0.2) is 115 Å². The zero-order valence-corrected chi connectivity index (χ0v) is 17.8. The summed E-state index contributed by atoms with van der Waals surface area (Å²) in [5.74, 6) is 0.233. The van der Waals surface area contributed by atoms with Crippen LogP contribution >= 0.6 is 0 Å². The average Bonchev–Trinajstić information content (AvgIpc) is 3.43. The molecule has 0 fully saturated rings. The van der Waals surface area contributed by atoms with Crippen LogP contribution in [-0.4, -0.2) is 0 Å². The molecule has 32 heavy (non-hydrogen) atoms. The minimum absolute atomic E-state index is 0.233. The highest BCUT2D eigenvalue weighted by Gasteiger charge is 2.33. The quantitative estimate of drug-likeness (QED) is 0.273. The largest absolute Gasteiger partial charge is 0.0716 e. The molecule has 0 saturated carbocycles. The van der Waals surface area contributed by atoms with Crippen molar-refractivity contribution in [2.75, 3.05) is 0 Å². The minimum Gasteiger partial charge on any atom is -0.0716 e. The number of hydrogen-bond donors (Lipinski definition) is 0. The lowest BCUT2D eigenvalue weighted by atomic mass is 9.80. The van der Waals surface area contributed by atoms with E-state index in [2.05, 4.69) is 115 Å². The van der Waals surface area contributed by atoms with E-state index in [1.54, 1.807) is 0 Å². The summed E-state index contributed by atoms with van der Waals surface area (Å²) in [6.45, 7) is 0. The van der Waals surface area contributed by atoms with E-state index in [1.165, 1.54) is 60.9 Å². The standard InChI is InChI=1S/C32H22/c1-3-11-23-21(9-1)17-19-27(23)30-20-18-22-10-2-4-12-24(22)31(30)32-28-15-7-5-13-25(28)26-14-6-8-16-29(26)32/h1-16,18-20,32H,17H2. The Morgan fingerprint density at radius 3 is 1.91 bits per heavy atom. The van der Waals surface area contributed by atoms with Gasteiger partial charge in [0.15, 0.2) is 0 Å². The SMILES string of the molecule is C1=C(c2ccc3ccccc3c2C2c3ccccc3-c3ccccc32)c2ccccc2C1. The third-order valence-electron chi connectivity index (χ3n) is 7.22. The lowest BCUT2D eigenvalue weighted by molar-refractivity contribution is 1.02. The van der Waals surface area contributed by atoms with Crippen LogP contribution in [0.3, 0.4) is 0 Å². The molecule has 0 heterocycles. The maximum atomic E-state index is 2.42. The van der Waals surface area contributed by atoms with E-state index in [0.29, 0.717) is 0 Å². The molecule has 5 aromatic carbocycles. The molecule has 2 aliphatic rings. The van der Waals surface area contributed by atoms with Crippen LogP contribution in [0.2, 0.25) is 0 Å². The third kappa shape index (κ3) is 2.44. The fraction of sp³-hybridized carbons (Fsp3) is 0.0625. The molecule has 0 spiro atoms. The van der Waals surface area contributed by atoms with Gasteiger partial charge in [0.05, 0.1) is 0 Å². The first-order valence-corrected chi connectivity index (χ1v) is 11.4. The summed E-state index contributed by atoms with van der Waals surface area (Å²) < 4.78 is 0. The van der Waals surface area contributed by atoms with Crippen molar-refractivity contribution in [2.24, 2.45) is 0 Å². The molecule has 0 aromatic heterocycles. The summed E-state index contributed by atoms with van der Waals surface area (Å²) in [6, 6.07) is 40.3. The number of rotatable bonds is 2. The van der Waals surface area contributed by atoms with Crippen molar-refractivity contribution in [3.8, 4) is 11.1 Å². The van der Waals surface area contributed by atoms with Crippen molar-refractivity contribution in [3.63, 3.8) is 0 Å². The van der Waals surface area contributed by atoms with Crippen LogP contribution in [0.1, 0.15) is 39.3 Å². The predicted molar refractivity (Wildman–Crippen MR) is 134 cm³/mol. The Labute approximate surface area is 188 Å². The molecular formula is C32H22. The number of fused-ring (bicyclic) bond motifs is 5. The highest BCUT2D eigenvalue weighted by atomic mass is 14.4. The highest BCUT2D eigenvalue weighted by molar-refractivity contribution is 5.97. The van der Waals surface area contributed by atoms with Gasteiger partial charge in [0.2, 0.25) is 0 Å². The zero-order valence-electron chi connectivity index (χ0n) is 17.8. The molecule has 7 rings (SSSR count). The van der Waals surface area contributed by atoms with Gasteiger partial charge in [-0.2, -0.15) is 0 Å². The van der Waals surface area contributed by atoms with Gasteiger partial charge in [0, 0.05) is 5.92 Å². The molecule has 0 aliphatic heterocycles. The molecule has 0 nitrogen and oxygen atoms in total. The molecule has 0 heteroatoms. The van der Waals surface area contributed by atoms with Crippen molar-refractivity contribution in [2.45, 2.75) is 12.3 Å². The van der Waals surface area contributed by atoms with Gasteiger partial charge in [-0.25, -0.2) is 0 Å². The van der Waals surface area contributed by atoms with Gasteiger partial charge >= 0.3 is 0 Å². The van der Waals surface area contributed by atoms with Crippen LogP contribution < -0.4 is 0 Å². The number of benzene rings is 5. The molecule has 0 unspecified atom stereocenters. The van der Waals surface area contributed by atoms with Gasteiger partial charge < -0.3 is 0 Å². The summed E-state index contributed by atoms with van der Waals surface area (Å²) in [6.07, 6.45) is 3.43. The summed E-state index contributed by atoms with van der Waals surface area (Å²) in [4.78, 5) is 0. The lowest BCUT2D eigenvalue weighted by Gasteiger charge is -2.22. The molecule has 0 bridgehead atoms. The fourth-order valence-corrected chi connectivity index (χ4v) is 5.85. The van der Waals surface area contributed by atoms with Crippen LogP contribution in [0.4, 0.5) is 0 Å². The first-order chi connectivity index (χ1) is 15.9. The molecule has 0 saturated heterocycles. The molecule has 150 valence electrons. The fourth-order valence-electron chi connectivity index (χ4n) is 5.85. The van der Waals surface area contributed by atoms with Crippen LogP contribution in [0.25, 0.3) is 27.5 Å². The van der Waals surface area contributed by atoms with Gasteiger partial charge in [-0.05, 0) is 67.3 Å². The van der Waals surface area contributed by atoms with E-state index in [-0.39, 0.29) is 5.92 Å². The Kier molecular flexibility index (Phi) is 3.77. The Morgan fingerprint density at radius 2 is 1.12 bits per heavy atom. The first-order valence-electron chi connectivity index (χ1n) is 11.4. The van der Waals surface area contributed by atoms with Crippen molar-refractivity contribution >= 4 is 16.3 Å². The zero-order chi connectivity index (χ0) is 21.1. The van der Waals surface area contributed by atoms with Gasteiger partial charge in [-0.3, -0.25) is 0 Å². The molecule has 0 N–H and O–H groups in total. The second kappa shape index (κ2) is 6.80. The summed E-state index contributed by atoms with van der Waals surface area (Å²) >= 11 is 0. The lowest BCUT2D eigenvalue weighted by Crippen LogP contribution is -2.05. The second-order valence-corrected chi connectivity index (χ2v) is 8.83. The van der Waals surface area contributed by atoms with Crippen molar-refractivity contribution in [1.82, 2.24) is 0 Å². The van der Waals surface area contributed by atoms with Crippen LogP contribution in [0.5, 0.6) is 0 Å². The topological polar surface area (TPSA) is 0 Å². The predicted octanol–water partition coefficient (Wildman–Crippen LogP) is 7.99. The van der Waals surface area contributed by atoms with Crippen LogP contribution in [0, 0.1) is 0 Å². The van der Waals surface area contributed by atoms with Crippen molar-refractivity contribution in [1.29, 1.82) is 0 Å². The monoisotopic (exact) mass is 406 g/mol. The molecule has 0 radical (unpaired) electrons. The summed E-state index contributed by atoms with van der Waals surface area (Å²) in [7, 11) is 0.